The van der Waals surface area contributed by atoms with Crippen LogP contribution in [0.2, 0.25) is 0 Å². The number of aromatic nitrogens is 1. The third-order valence-corrected chi connectivity index (χ3v) is 2.68. The summed E-state index contributed by atoms with van der Waals surface area (Å²) in [5, 5.41) is 8.87. The Morgan fingerprint density at radius 3 is 2.92 bits per heavy atom. The number of para-hydroxylation sites is 1. The van der Waals surface area contributed by atoms with Gasteiger partial charge in [-0.3, -0.25) is 9.36 Å². The Morgan fingerprint density at radius 2 is 2.17 bits per heavy atom. The van der Waals surface area contributed by atoms with E-state index in [0.29, 0.717) is 0 Å². The van der Waals surface area contributed by atoms with Gasteiger partial charge in [-0.2, -0.15) is 0 Å². The number of fused-ring (bicyclic) bond motifs is 1. The molecule has 0 atom stereocenters. The summed E-state index contributed by atoms with van der Waals surface area (Å²) in [6.07, 6.45) is 0. The molecule has 3 nitrogen and oxygen atoms in total. The molecule has 0 aliphatic carbocycles. The van der Waals surface area contributed by atoms with Crippen molar-refractivity contribution in [3.8, 4) is 0 Å². The van der Waals surface area contributed by atoms with Crippen LogP contribution in [-0.4, -0.2) is 9.67 Å². The molecule has 4 heteroatoms. The number of thiazole rings is 1. The zero-order valence-corrected chi connectivity index (χ0v) is 7.04. The van der Waals surface area contributed by atoms with E-state index in [1.807, 2.05) is 24.3 Å². The molecule has 0 fully saturated rings. The Hall–Kier alpha value is -1.13. The third-order valence-electron chi connectivity index (χ3n) is 1.72. The van der Waals surface area contributed by atoms with Gasteiger partial charge in [0.15, 0.2) is 0 Å². The number of hydrogen-bond acceptors (Lipinski definition) is 3. The molecule has 1 aromatic heterocycles. The Kier molecular flexibility index (Phi) is 1.71. The van der Waals surface area contributed by atoms with Gasteiger partial charge >= 0.3 is 4.87 Å². The molecule has 62 valence electrons. The summed E-state index contributed by atoms with van der Waals surface area (Å²) >= 11 is 1.15. The molecule has 0 aliphatic rings. The number of aliphatic hydroxyl groups excluding tert-OH is 1. The van der Waals surface area contributed by atoms with Crippen LogP contribution in [0, 0.1) is 0 Å². The summed E-state index contributed by atoms with van der Waals surface area (Å²) in [7, 11) is 0. The van der Waals surface area contributed by atoms with Gasteiger partial charge in [-0.1, -0.05) is 23.5 Å². The topological polar surface area (TPSA) is 42.2 Å². The minimum absolute atomic E-state index is 0.112. The van der Waals surface area contributed by atoms with E-state index in [1.165, 1.54) is 4.57 Å². The average Bonchev–Trinajstić information content (AvgIpc) is 2.40. The molecule has 0 saturated heterocycles. The second kappa shape index (κ2) is 2.73. The maximum atomic E-state index is 11.2. The van der Waals surface area contributed by atoms with E-state index in [9.17, 15) is 4.79 Å². The van der Waals surface area contributed by atoms with Crippen molar-refractivity contribution in [2.75, 3.05) is 0 Å². The molecule has 0 saturated carbocycles. The fourth-order valence-corrected chi connectivity index (χ4v) is 2.03. The molecule has 0 aliphatic heterocycles. The van der Waals surface area contributed by atoms with Crippen LogP contribution in [0.5, 0.6) is 0 Å². The van der Waals surface area contributed by atoms with E-state index >= 15 is 0 Å². The Morgan fingerprint density at radius 1 is 1.42 bits per heavy atom. The van der Waals surface area contributed by atoms with Crippen LogP contribution in [0.4, 0.5) is 0 Å². The lowest BCUT2D eigenvalue weighted by Gasteiger charge is -1.94. The molecular weight excluding hydrogens is 174 g/mol. The number of nitrogens with zero attached hydrogens (tertiary/aromatic N) is 1. The number of hydrogen-bond donors (Lipinski definition) is 1. The summed E-state index contributed by atoms with van der Waals surface area (Å²) in [4.78, 5) is 11.1. The van der Waals surface area contributed by atoms with Gasteiger partial charge in [-0.25, -0.2) is 0 Å². The fraction of sp³-hybridized carbons (Fsp3) is 0.125. The van der Waals surface area contributed by atoms with Gasteiger partial charge in [0.1, 0.15) is 6.73 Å². The van der Waals surface area contributed by atoms with Crippen molar-refractivity contribution in [1.29, 1.82) is 0 Å². The fourth-order valence-electron chi connectivity index (χ4n) is 1.15. The highest BCUT2D eigenvalue weighted by Gasteiger charge is 2.03. The van der Waals surface area contributed by atoms with Crippen LogP contribution in [0.25, 0.3) is 10.2 Å². The lowest BCUT2D eigenvalue weighted by atomic mass is 10.3. The predicted molar refractivity (Wildman–Crippen MR) is 48.3 cm³/mol. The Balaban J connectivity index is 2.91. The van der Waals surface area contributed by atoms with Gasteiger partial charge in [-0.05, 0) is 12.1 Å². The monoisotopic (exact) mass is 181 g/mol. The molecular formula is C8H7NO2S. The van der Waals surface area contributed by atoms with Gasteiger partial charge in [0, 0.05) is 0 Å². The van der Waals surface area contributed by atoms with E-state index in [4.69, 9.17) is 5.11 Å². The molecule has 12 heavy (non-hydrogen) atoms. The van der Waals surface area contributed by atoms with Gasteiger partial charge < -0.3 is 5.11 Å². The molecule has 0 radical (unpaired) electrons. The second-order valence-corrected chi connectivity index (χ2v) is 3.40. The first kappa shape index (κ1) is 7.52. The lowest BCUT2D eigenvalue weighted by Crippen LogP contribution is -2.11. The third kappa shape index (κ3) is 0.964. The molecule has 1 N–H and O–H groups in total. The van der Waals surface area contributed by atoms with Crippen LogP contribution in [-0.2, 0) is 6.73 Å². The highest BCUT2D eigenvalue weighted by Crippen LogP contribution is 2.15. The molecule has 0 spiro atoms. The van der Waals surface area contributed by atoms with Crippen molar-refractivity contribution in [2.24, 2.45) is 0 Å². The van der Waals surface area contributed by atoms with Crippen molar-refractivity contribution in [1.82, 2.24) is 4.57 Å². The normalized spacial score (nSPS) is 10.8. The highest BCUT2D eigenvalue weighted by molar-refractivity contribution is 7.16. The van der Waals surface area contributed by atoms with Crippen LogP contribution >= 0.6 is 11.3 Å². The number of benzene rings is 1. The summed E-state index contributed by atoms with van der Waals surface area (Å²) in [5.74, 6) is 0. The molecule has 1 aromatic carbocycles. The summed E-state index contributed by atoms with van der Waals surface area (Å²) < 4.78 is 2.26. The molecule has 1 heterocycles. The largest absolute Gasteiger partial charge is 0.376 e. The minimum Gasteiger partial charge on any atom is -0.376 e. The summed E-state index contributed by atoms with van der Waals surface area (Å²) in [6.45, 7) is -0.247. The van der Waals surface area contributed by atoms with E-state index < -0.39 is 0 Å². The average molecular weight is 181 g/mol. The first-order valence-corrected chi connectivity index (χ1v) is 4.34. The molecule has 0 unspecified atom stereocenters. The summed E-state index contributed by atoms with van der Waals surface area (Å²) in [5.41, 5.74) is 0.801. The van der Waals surface area contributed by atoms with Crippen molar-refractivity contribution >= 4 is 21.6 Å². The van der Waals surface area contributed by atoms with Crippen molar-refractivity contribution in [3.05, 3.63) is 33.9 Å². The van der Waals surface area contributed by atoms with E-state index in [2.05, 4.69) is 0 Å². The van der Waals surface area contributed by atoms with E-state index in [-0.39, 0.29) is 11.6 Å². The van der Waals surface area contributed by atoms with Crippen molar-refractivity contribution in [3.63, 3.8) is 0 Å². The minimum atomic E-state index is -0.247. The van der Waals surface area contributed by atoms with Gasteiger partial charge in [0.2, 0.25) is 0 Å². The van der Waals surface area contributed by atoms with E-state index in [1.54, 1.807) is 0 Å². The Bertz CT molecular complexity index is 457. The predicted octanol–water partition coefficient (Wildman–Crippen LogP) is 1.01. The number of rotatable bonds is 1. The van der Waals surface area contributed by atoms with Crippen LogP contribution in [0.1, 0.15) is 0 Å². The zero-order chi connectivity index (χ0) is 8.55. The first-order chi connectivity index (χ1) is 5.83. The van der Waals surface area contributed by atoms with Gasteiger partial charge in [-0.15, -0.1) is 0 Å². The quantitative estimate of drug-likeness (QED) is 0.713. The van der Waals surface area contributed by atoms with Crippen LogP contribution < -0.4 is 4.87 Å². The standard InChI is InChI=1S/C8H7NO2S/c10-5-9-6-3-1-2-4-7(6)12-8(9)11/h1-4,10H,5H2. The maximum Gasteiger partial charge on any atom is 0.310 e. The van der Waals surface area contributed by atoms with Crippen LogP contribution in [0.15, 0.2) is 29.1 Å². The molecule has 2 rings (SSSR count). The lowest BCUT2D eigenvalue weighted by molar-refractivity contribution is 0.213. The van der Waals surface area contributed by atoms with Crippen molar-refractivity contribution in [2.45, 2.75) is 6.73 Å². The van der Waals surface area contributed by atoms with Gasteiger partial charge in [0.25, 0.3) is 0 Å². The maximum absolute atomic E-state index is 11.2. The van der Waals surface area contributed by atoms with Crippen LogP contribution in [0.3, 0.4) is 0 Å². The summed E-state index contributed by atoms with van der Waals surface area (Å²) in [6, 6.07) is 7.41. The van der Waals surface area contributed by atoms with Gasteiger partial charge in [0.05, 0.1) is 10.2 Å². The number of aliphatic hydroxyl groups is 1. The van der Waals surface area contributed by atoms with Crippen molar-refractivity contribution < 1.29 is 5.11 Å². The molecule has 2 aromatic rings. The smallest absolute Gasteiger partial charge is 0.310 e. The van der Waals surface area contributed by atoms with E-state index in [0.717, 1.165) is 21.6 Å². The Labute approximate surface area is 72.5 Å². The molecule has 0 amide bonds. The highest BCUT2D eigenvalue weighted by atomic mass is 32.1. The zero-order valence-electron chi connectivity index (χ0n) is 6.23. The molecule has 0 bridgehead atoms. The SMILES string of the molecule is O=c1sc2ccccc2n1CO. The second-order valence-electron chi connectivity index (χ2n) is 2.41. The first-order valence-electron chi connectivity index (χ1n) is 3.52.